The average molecular weight is 321 g/mol. The first-order valence-electron chi connectivity index (χ1n) is 2.24. The van der Waals surface area contributed by atoms with Gasteiger partial charge in [-0.25, -0.2) is 4.57 Å². The largest absolute Gasteiger partial charge is 2.00 e. The first-order valence-corrected chi connectivity index (χ1v) is 6.73. The Labute approximate surface area is 121 Å². The second-order valence-electron chi connectivity index (χ2n) is 1.49. The van der Waals surface area contributed by atoms with Gasteiger partial charge < -0.3 is 47.7 Å². The summed E-state index contributed by atoms with van der Waals surface area (Å²) in [6.07, 6.45) is 0. The van der Waals surface area contributed by atoms with Crippen molar-refractivity contribution in [3.05, 3.63) is 0 Å². The van der Waals surface area contributed by atoms with Crippen LogP contribution in [0, 0.1) is 0 Å². The van der Waals surface area contributed by atoms with Gasteiger partial charge in [-0.15, -0.1) is 0 Å². The molecule has 0 amide bonds. The van der Waals surface area contributed by atoms with Crippen molar-refractivity contribution < 1.29 is 52.3 Å². The smallest absolute Gasteiger partial charge is 0.790 e. The molecule has 0 aromatic rings. The van der Waals surface area contributed by atoms with Gasteiger partial charge in [0, 0.05) is 0 Å². The fraction of sp³-hybridized carbons (Fsp3) is 0. The van der Waals surface area contributed by atoms with E-state index in [-0.39, 0.29) is 46.1 Å². The van der Waals surface area contributed by atoms with E-state index in [0.29, 0.717) is 0 Å². The molecule has 0 aliphatic carbocycles. The normalized spacial score (nSPS) is 11.4. The summed E-state index contributed by atoms with van der Waals surface area (Å²) >= 11 is 0. The second kappa shape index (κ2) is 9.78. The Balaban J connectivity index is -0.0000000904. The molecule has 0 aromatic heterocycles. The van der Waals surface area contributed by atoms with Gasteiger partial charge in [-0.2, -0.15) is 0 Å². The number of hydrogen-bond donors (Lipinski definition) is 3. The molecule has 0 unspecified atom stereocenters. The predicted molar refractivity (Wildman–Crippen MR) is 42.1 cm³/mol. The summed E-state index contributed by atoms with van der Waals surface area (Å²) in [5, 5.41) is 0. The third-order valence-electron chi connectivity index (χ3n) is 0.200. The molecule has 16 heteroatoms. The van der Waals surface area contributed by atoms with E-state index in [9.17, 15) is 28.7 Å². The summed E-state index contributed by atoms with van der Waals surface area (Å²) in [6.45, 7) is 0. The van der Waals surface area contributed by atoms with E-state index in [4.69, 9.17) is 19.2 Å². The Hall–Kier alpha value is 1.90. The van der Waals surface area contributed by atoms with E-state index < -0.39 is 23.5 Å². The minimum atomic E-state index is -5.68. The van der Waals surface area contributed by atoms with Gasteiger partial charge in [-0.05, 0) is 0 Å². The molecule has 11 nitrogen and oxygen atoms in total. The number of rotatable bonds is 2. The van der Waals surface area contributed by atoms with Gasteiger partial charge in [0.25, 0.3) is 0 Å². The van der Waals surface area contributed by atoms with Crippen LogP contribution in [0.25, 0.3) is 0 Å². The van der Waals surface area contributed by atoms with Crippen LogP contribution in [0.5, 0.6) is 0 Å². The Morgan fingerprint density at radius 2 is 0.875 bits per heavy atom. The van der Waals surface area contributed by atoms with E-state index in [0.717, 1.165) is 0 Å². The maximum absolute atomic E-state index is 9.32. The monoisotopic (exact) mass is 320 g/mol. The maximum atomic E-state index is 9.32. The fourth-order valence-electron chi connectivity index (χ4n) is 0.122. The fourth-order valence-corrected chi connectivity index (χ4v) is 1.10. The molecule has 0 bridgehead atoms. The number of hydrogen-bond acceptors (Lipinski definition) is 8. The summed E-state index contributed by atoms with van der Waals surface area (Å²) in [7, 11) is -16.0. The third kappa shape index (κ3) is 56.6. The van der Waals surface area contributed by atoms with E-state index in [1.54, 1.807) is 0 Å². The molecule has 0 spiro atoms. The van der Waals surface area contributed by atoms with Crippen molar-refractivity contribution in [2.24, 2.45) is 0 Å². The molecule has 0 fully saturated rings. The quantitative estimate of drug-likeness (QED) is 0.323. The SMILES string of the molecule is O=P(O)(O)O.O=P([O-])([O-])OP(=O)([O-])[O-].[Mg+2].[Mg+2]. The zero-order valence-electron chi connectivity index (χ0n) is 7.36. The third-order valence-corrected chi connectivity index (χ3v) is 1.80. The van der Waals surface area contributed by atoms with Gasteiger partial charge in [-0.1, -0.05) is 0 Å². The molecule has 0 radical (unpaired) electrons. The average Bonchev–Trinajstić information content (AvgIpc) is 1.42. The van der Waals surface area contributed by atoms with Crippen LogP contribution in [0.15, 0.2) is 0 Å². The zero-order valence-corrected chi connectivity index (χ0v) is 12.9. The molecular formula is H3Mg2O11P3. The minimum Gasteiger partial charge on any atom is -0.790 e. The van der Waals surface area contributed by atoms with Crippen LogP contribution in [0.1, 0.15) is 0 Å². The molecule has 0 aromatic carbocycles. The van der Waals surface area contributed by atoms with Crippen LogP contribution < -0.4 is 19.6 Å². The maximum Gasteiger partial charge on any atom is 2.00 e. The summed E-state index contributed by atoms with van der Waals surface area (Å²) in [4.78, 5) is 58.9. The molecule has 0 atom stereocenters. The molecule has 3 N–H and O–H groups in total. The zero-order chi connectivity index (χ0) is 12.2. The van der Waals surface area contributed by atoms with Crippen LogP contribution >= 0.6 is 23.5 Å². The van der Waals surface area contributed by atoms with Crippen molar-refractivity contribution in [2.45, 2.75) is 0 Å². The van der Waals surface area contributed by atoms with Crippen molar-refractivity contribution in [3.63, 3.8) is 0 Å². The Kier molecular flexibility index (Phi) is 16.2. The van der Waals surface area contributed by atoms with Crippen molar-refractivity contribution >= 4 is 69.6 Å². The van der Waals surface area contributed by atoms with Crippen molar-refractivity contribution in [1.82, 2.24) is 0 Å². The van der Waals surface area contributed by atoms with Gasteiger partial charge in [0.1, 0.15) is 0 Å². The number of phosphoric acid groups is 3. The first-order chi connectivity index (χ1) is 5.71. The van der Waals surface area contributed by atoms with E-state index >= 15 is 0 Å². The first kappa shape index (κ1) is 26.5. The van der Waals surface area contributed by atoms with Crippen LogP contribution in [0.2, 0.25) is 0 Å². The van der Waals surface area contributed by atoms with Gasteiger partial charge in [0.15, 0.2) is 0 Å². The summed E-state index contributed by atoms with van der Waals surface area (Å²) < 4.78 is 30.0. The van der Waals surface area contributed by atoms with Crippen LogP contribution in [-0.2, 0) is 18.0 Å². The Bertz CT molecular complexity index is 262. The molecular weight excluding hydrogens is 318 g/mol. The van der Waals surface area contributed by atoms with E-state index in [2.05, 4.69) is 4.31 Å². The predicted octanol–water partition coefficient (Wildman–Crippen LogP) is -5.03. The minimum absolute atomic E-state index is 0. The van der Waals surface area contributed by atoms with Gasteiger partial charge in [0.2, 0.25) is 0 Å². The van der Waals surface area contributed by atoms with Crippen LogP contribution in [0.4, 0.5) is 0 Å². The standard InChI is InChI=1S/2Mg.H4O7P2.H3O4P/c;;1-8(2,3)7-9(4,5)6;1-5(2,3)4/h;;(H2,1,2,3)(H2,4,5,6);(H3,1,2,3,4)/q2*+2;;/p-4. The summed E-state index contributed by atoms with van der Waals surface area (Å²) in [5.41, 5.74) is 0. The Morgan fingerprint density at radius 3 is 0.875 bits per heavy atom. The van der Waals surface area contributed by atoms with E-state index in [1.165, 1.54) is 0 Å². The molecule has 0 saturated heterocycles. The topological polar surface area (TPSA) is 213 Å². The van der Waals surface area contributed by atoms with Gasteiger partial charge in [-0.3, -0.25) is 0 Å². The molecule has 0 aliphatic rings. The molecule has 0 saturated carbocycles. The summed E-state index contributed by atoms with van der Waals surface area (Å²) in [6, 6.07) is 0. The van der Waals surface area contributed by atoms with Gasteiger partial charge >= 0.3 is 53.9 Å². The molecule has 0 rings (SSSR count). The van der Waals surface area contributed by atoms with Crippen LogP contribution in [-0.4, -0.2) is 60.8 Å². The van der Waals surface area contributed by atoms with Crippen LogP contribution in [0.3, 0.4) is 0 Å². The molecule has 88 valence electrons. The molecule has 16 heavy (non-hydrogen) atoms. The van der Waals surface area contributed by atoms with E-state index in [1.807, 2.05) is 0 Å². The van der Waals surface area contributed by atoms with Gasteiger partial charge in [0.05, 0.1) is 15.6 Å². The Morgan fingerprint density at radius 1 is 0.750 bits per heavy atom. The van der Waals surface area contributed by atoms with Crippen molar-refractivity contribution in [2.75, 3.05) is 0 Å². The second-order valence-corrected chi connectivity index (χ2v) is 4.96. The summed E-state index contributed by atoms with van der Waals surface area (Å²) in [5.74, 6) is 0. The molecule has 0 aliphatic heterocycles. The van der Waals surface area contributed by atoms with Crippen molar-refractivity contribution in [3.8, 4) is 0 Å². The van der Waals surface area contributed by atoms with Crippen molar-refractivity contribution in [1.29, 1.82) is 0 Å². The molecule has 0 heterocycles.